The molecule has 132 valence electrons. The molecule has 0 aromatic heterocycles. The van der Waals surface area contributed by atoms with Gasteiger partial charge < -0.3 is 15.2 Å². The molecule has 25 heavy (non-hydrogen) atoms. The maximum Gasteiger partial charge on any atom is 0.341 e. The molecule has 0 radical (unpaired) electrons. The lowest BCUT2D eigenvalue weighted by molar-refractivity contribution is -0.139. The number of ether oxygens (including phenoxy) is 1. The fraction of sp³-hybridized carbons (Fsp3) is 0.421. The first-order valence-electron chi connectivity index (χ1n) is 8.37. The Kier molecular flexibility index (Phi) is 6.58. The molecule has 1 aliphatic carbocycles. The van der Waals surface area contributed by atoms with E-state index in [1.807, 2.05) is 6.07 Å². The molecule has 6 nitrogen and oxygen atoms in total. The van der Waals surface area contributed by atoms with E-state index >= 15 is 0 Å². The summed E-state index contributed by atoms with van der Waals surface area (Å²) in [5.74, 6) is -0.794. The first-order chi connectivity index (χ1) is 12.0. The van der Waals surface area contributed by atoms with Crippen molar-refractivity contribution in [2.45, 2.75) is 38.6 Å². The number of nitrogens with one attached hydrogen (secondary N) is 1. The number of aliphatic carboxylic acids is 1. The molecule has 1 aliphatic rings. The number of hydrogen-bond donors (Lipinski definition) is 2. The molecular formula is C19H22N2O4. The van der Waals surface area contributed by atoms with Gasteiger partial charge in [-0.2, -0.15) is 5.26 Å². The van der Waals surface area contributed by atoms with Crippen molar-refractivity contribution in [3.05, 3.63) is 35.4 Å². The Bertz CT molecular complexity index is 706. The summed E-state index contributed by atoms with van der Waals surface area (Å²) in [7, 11) is 0. The minimum atomic E-state index is -1.09. The van der Waals surface area contributed by atoms with Crippen molar-refractivity contribution in [2.24, 2.45) is 5.92 Å². The SMILES string of the molecule is C[C@@H]1CCCC[C@@H]1NC(=O)/C(C#N)=C/c1ccccc1OCC(=O)O. The van der Waals surface area contributed by atoms with Crippen LogP contribution in [0.5, 0.6) is 5.75 Å². The van der Waals surface area contributed by atoms with Crippen LogP contribution in [0.2, 0.25) is 0 Å². The van der Waals surface area contributed by atoms with Crippen LogP contribution >= 0.6 is 0 Å². The van der Waals surface area contributed by atoms with Crippen LogP contribution in [0.4, 0.5) is 0 Å². The number of carboxylic acids is 1. The highest BCUT2D eigenvalue weighted by atomic mass is 16.5. The molecule has 1 aromatic carbocycles. The second-order valence-corrected chi connectivity index (χ2v) is 6.23. The average Bonchev–Trinajstić information content (AvgIpc) is 2.60. The van der Waals surface area contributed by atoms with Crippen molar-refractivity contribution in [2.75, 3.05) is 6.61 Å². The molecule has 1 aromatic rings. The van der Waals surface area contributed by atoms with E-state index in [1.165, 1.54) is 12.5 Å². The minimum Gasteiger partial charge on any atom is -0.481 e. The van der Waals surface area contributed by atoms with Gasteiger partial charge in [-0.1, -0.05) is 38.0 Å². The Hall–Kier alpha value is -2.81. The third kappa shape index (κ3) is 5.35. The molecule has 0 aliphatic heterocycles. The van der Waals surface area contributed by atoms with Gasteiger partial charge in [-0.25, -0.2) is 4.79 Å². The summed E-state index contributed by atoms with van der Waals surface area (Å²) < 4.78 is 5.21. The first kappa shape index (κ1) is 18.5. The van der Waals surface area contributed by atoms with E-state index < -0.39 is 18.5 Å². The third-order valence-electron chi connectivity index (χ3n) is 4.36. The van der Waals surface area contributed by atoms with Crippen LogP contribution in [-0.4, -0.2) is 29.6 Å². The number of carboxylic acid groups (broad SMARTS) is 1. The molecule has 0 spiro atoms. The molecule has 1 fully saturated rings. The van der Waals surface area contributed by atoms with Crippen molar-refractivity contribution < 1.29 is 19.4 Å². The Morgan fingerprint density at radius 2 is 2.08 bits per heavy atom. The van der Waals surface area contributed by atoms with E-state index in [4.69, 9.17) is 9.84 Å². The first-order valence-corrected chi connectivity index (χ1v) is 8.37. The normalized spacial score (nSPS) is 20.4. The third-order valence-corrected chi connectivity index (χ3v) is 4.36. The highest BCUT2D eigenvalue weighted by molar-refractivity contribution is 6.02. The summed E-state index contributed by atoms with van der Waals surface area (Å²) in [6.45, 7) is 1.62. The Balaban J connectivity index is 2.15. The average molecular weight is 342 g/mol. The lowest BCUT2D eigenvalue weighted by Crippen LogP contribution is -2.41. The van der Waals surface area contributed by atoms with Gasteiger partial charge in [0.2, 0.25) is 0 Å². The van der Waals surface area contributed by atoms with Crippen molar-refractivity contribution >= 4 is 18.0 Å². The van der Waals surface area contributed by atoms with Gasteiger partial charge in [0.15, 0.2) is 6.61 Å². The second kappa shape index (κ2) is 8.88. The van der Waals surface area contributed by atoms with Gasteiger partial charge in [0.05, 0.1) is 0 Å². The molecule has 1 amide bonds. The molecular weight excluding hydrogens is 320 g/mol. The summed E-state index contributed by atoms with van der Waals surface area (Å²) in [5.41, 5.74) is 0.469. The number of carbonyl (C=O) groups excluding carboxylic acids is 1. The van der Waals surface area contributed by atoms with Gasteiger partial charge >= 0.3 is 5.97 Å². The lowest BCUT2D eigenvalue weighted by Gasteiger charge is -2.29. The molecule has 2 rings (SSSR count). The smallest absolute Gasteiger partial charge is 0.341 e. The summed E-state index contributed by atoms with van der Waals surface area (Å²) in [6.07, 6.45) is 5.67. The van der Waals surface area contributed by atoms with Crippen LogP contribution in [0, 0.1) is 17.2 Å². The zero-order valence-electron chi connectivity index (χ0n) is 14.2. The number of rotatable bonds is 6. The van der Waals surface area contributed by atoms with Crippen molar-refractivity contribution in [3.8, 4) is 11.8 Å². The summed E-state index contributed by atoms with van der Waals surface area (Å²) >= 11 is 0. The largest absolute Gasteiger partial charge is 0.481 e. The van der Waals surface area contributed by atoms with Crippen molar-refractivity contribution in [1.29, 1.82) is 5.26 Å². The van der Waals surface area contributed by atoms with E-state index in [9.17, 15) is 14.9 Å². The maximum atomic E-state index is 12.4. The predicted molar refractivity (Wildman–Crippen MR) is 92.7 cm³/mol. The van der Waals surface area contributed by atoms with Crippen LogP contribution in [-0.2, 0) is 9.59 Å². The topological polar surface area (TPSA) is 99.4 Å². The van der Waals surface area contributed by atoms with E-state index in [0.717, 1.165) is 19.3 Å². The van der Waals surface area contributed by atoms with E-state index in [2.05, 4.69) is 12.2 Å². The number of carbonyl (C=O) groups is 2. The molecule has 0 heterocycles. The standard InChI is InChI=1S/C19H22N2O4/c1-13-6-2-4-8-16(13)21-19(24)15(11-20)10-14-7-3-5-9-17(14)25-12-18(22)23/h3,5,7,9-10,13,16H,2,4,6,8,12H2,1H3,(H,21,24)(H,22,23)/b15-10+/t13-,16+/m1/s1. The van der Waals surface area contributed by atoms with Gasteiger partial charge in [0.1, 0.15) is 17.4 Å². The molecule has 2 N–H and O–H groups in total. The summed E-state index contributed by atoms with van der Waals surface area (Å²) in [4.78, 5) is 23.1. The zero-order valence-corrected chi connectivity index (χ0v) is 14.2. The van der Waals surface area contributed by atoms with Crippen LogP contribution in [0.25, 0.3) is 6.08 Å². The van der Waals surface area contributed by atoms with Gasteiger partial charge in [0, 0.05) is 11.6 Å². The number of hydrogen-bond acceptors (Lipinski definition) is 4. The fourth-order valence-electron chi connectivity index (χ4n) is 2.95. The quantitative estimate of drug-likeness (QED) is 0.612. The van der Waals surface area contributed by atoms with Crippen LogP contribution in [0.15, 0.2) is 29.8 Å². The van der Waals surface area contributed by atoms with Gasteiger partial charge in [-0.15, -0.1) is 0 Å². The van der Waals surface area contributed by atoms with Crippen LogP contribution in [0.3, 0.4) is 0 Å². The zero-order chi connectivity index (χ0) is 18.2. The number of nitrogens with zero attached hydrogens (tertiary/aromatic N) is 1. The number of para-hydroxylation sites is 1. The van der Waals surface area contributed by atoms with Gasteiger partial charge in [-0.05, 0) is 30.9 Å². The Morgan fingerprint density at radius 3 is 2.76 bits per heavy atom. The Labute approximate surface area is 147 Å². The van der Waals surface area contributed by atoms with E-state index in [0.29, 0.717) is 17.2 Å². The lowest BCUT2D eigenvalue weighted by atomic mass is 9.86. The number of benzene rings is 1. The Morgan fingerprint density at radius 1 is 1.36 bits per heavy atom. The fourth-order valence-corrected chi connectivity index (χ4v) is 2.95. The minimum absolute atomic E-state index is 0.0239. The summed E-state index contributed by atoms with van der Waals surface area (Å²) in [6, 6.07) is 8.71. The van der Waals surface area contributed by atoms with Crippen LogP contribution in [0.1, 0.15) is 38.2 Å². The highest BCUT2D eigenvalue weighted by Crippen LogP contribution is 2.25. The number of amides is 1. The van der Waals surface area contributed by atoms with Gasteiger partial charge in [0.25, 0.3) is 5.91 Å². The monoisotopic (exact) mass is 342 g/mol. The summed E-state index contributed by atoms with van der Waals surface area (Å²) in [5, 5.41) is 21.0. The van der Waals surface area contributed by atoms with Crippen molar-refractivity contribution in [3.63, 3.8) is 0 Å². The second-order valence-electron chi connectivity index (χ2n) is 6.23. The van der Waals surface area contributed by atoms with Crippen LogP contribution < -0.4 is 10.1 Å². The maximum absolute atomic E-state index is 12.4. The predicted octanol–water partition coefficient (Wildman–Crippen LogP) is 2.75. The molecule has 0 saturated heterocycles. The molecule has 1 saturated carbocycles. The van der Waals surface area contributed by atoms with Crippen molar-refractivity contribution in [1.82, 2.24) is 5.32 Å². The molecule has 0 bridgehead atoms. The number of nitriles is 1. The van der Waals surface area contributed by atoms with Gasteiger partial charge in [-0.3, -0.25) is 4.79 Å². The highest BCUT2D eigenvalue weighted by Gasteiger charge is 2.24. The van der Waals surface area contributed by atoms with E-state index in [-0.39, 0.29) is 11.6 Å². The molecule has 6 heteroatoms. The molecule has 2 atom stereocenters. The molecule has 0 unspecified atom stereocenters. The van der Waals surface area contributed by atoms with E-state index in [1.54, 1.807) is 24.3 Å².